The molecule has 0 unspecified atom stereocenters. The van der Waals surface area contributed by atoms with E-state index >= 15 is 0 Å². The second-order valence-electron chi connectivity index (χ2n) is 3.84. The van der Waals surface area contributed by atoms with Crippen molar-refractivity contribution >= 4 is 11.6 Å². The average Bonchev–Trinajstić information content (AvgIpc) is 2.34. The zero-order chi connectivity index (χ0) is 13.1. The third-order valence-corrected chi connectivity index (χ3v) is 2.47. The van der Waals surface area contributed by atoms with Gasteiger partial charge in [-0.25, -0.2) is 4.98 Å². The number of anilines is 1. The van der Waals surface area contributed by atoms with Gasteiger partial charge in [0.2, 0.25) is 11.8 Å². The summed E-state index contributed by atoms with van der Waals surface area (Å²) in [5.41, 5.74) is 12.7. The topological polar surface area (TPSA) is 91.2 Å². The molecule has 0 saturated heterocycles. The van der Waals surface area contributed by atoms with Crippen molar-refractivity contribution in [2.75, 3.05) is 5.73 Å². The number of aromatic nitrogens is 1. The summed E-state index contributed by atoms with van der Waals surface area (Å²) in [5, 5.41) is 0. The Morgan fingerprint density at radius 1 is 1.28 bits per heavy atom. The minimum atomic E-state index is -0.524. The zero-order valence-electron chi connectivity index (χ0n) is 9.88. The minimum Gasteiger partial charge on any atom is -0.437 e. The van der Waals surface area contributed by atoms with Crippen LogP contribution in [0, 0.1) is 6.92 Å². The number of para-hydroxylation sites is 1. The lowest BCUT2D eigenvalue weighted by atomic mass is 10.2. The van der Waals surface area contributed by atoms with E-state index in [2.05, 4.69) is 4.98 Å². The van der Waals surface area contributed by atoms with Crippen molar-refractivity contribution in [2.45, 2.75) is 6.92 Å². The highest BCUT2D eigenvalue weighted by Gasteiger charge is 2.07. The standard InChI is InChI=1S/C13H13N3O2/c1-8-3-2-4-10(14)12(8)18-11-6-5-9(7-16-11)13(15)17/h2-7H,14H2,1H3,(H2,15,17). The van der Waals surface area contributed by atoms with Crippen LogP contribution in [0.4, 0.5) is 5.69 Å². The number of benzene rings is 1. The number of primary amides is 1. The third-order valence-electron chi connectivity index (χ3n) is 2.47. The van der Waals surface area contributed by atoms with E-state index < -0.39 is 5.91 Å². The molecule has 2 rings (SSSR count). The summed E-state index contributed by atoms with van der Waals surface area (Å²) in [6, 6.07) is 8.62. The van der Waals surface area contributed by atoms with Crippen molar-refractivity contribution in [1.29, 1.82) is 0 Å². The number of rotatable bonds is 3. The van der Waals surface area contributed by atoms with E-state index in [-0.39, 0.29) is 0 Å². The first kappa shape index (κ1) is 11.9. The molecule has 18 heavy (non-hydrogen) atoms. The molecule has 2 aromatic rings. The van der Waals surface area contributed by atoms with Gasteiger partial charge >= 0.3 is 0 Å². The predicted octanol–water partition coefficient (Wildman–Crippen LogP) is 1.86. The quantitative estimate of drug-likeness (QED) is 0.805. The summed E-state index contributed by atoms with van der Waals surface area (Å²) in [6.45, 7) is 1.89. The Bertz CT molecular complexity index is 559. The van der Waals surface area contributed by atoms with Crippen LogP contribution in [0.1, 0.15) is 15.9 Å². The highest BCUT2D eigenvalue weighted by Crippen LogP contribution is 2.29. The van der Waals surface area contributed by atoms with E-state index in [1.165, 1.54) is 6.20 Å². The molecule has 0 radical (unpaired) electrons. The van der Waals surface area contributed by atoms with Crippen LogP contribution >= 0.6 is 0 Å². The Balaban J connectivity index is 2.26. The lowest BCUT2D eigenvalue weighted by Gasteiger charge is -2.10. The van der Waals surface area contributed by atoms with Crippen LogP contribution in [0.3, 0.4) is 0 Å². The molecule has 5 heteroatoms. The summed E-state index contributed by atoms with van der Waals surface area (Å²) in [6.07, 6.45) is 1.37. The molecule has 0 atom stereocenters. The van der Waals surface area contributed by atoms with Crippen molar-refractivity contribution in [3.05, 3.63) is 47.7 Å². The van der Waals surface area contributed by atoms with Gasteiger partial charge < -0.3 is 16.2 Å². The van der Waals surface area contributed by atoms with E-state index in [0.717, 1.165) is 5.56 Å². The van der Waals surface area contributed by atoms with Crippen LogP contribution in [0.15, 0.2) is 36.5 Å². The Morgan fingerprint density at radius 3 is 2.61 bits per heavy atom. The molecule has 4 N–H and O–H groups in total. The van der Waals surface area contributed by atoms with Gasteiger partial charge in [-0.05, 0) is 24.6 Å². The molecule has 0 aliphatic rings. The van der Waals surface area contributed by atoms with Gasteiger partial charge in [0.25, 0.3) is 0 Å². The summed E-state index contributed by atoms with van der Waals surface area (Å²) in [4.78, 5) is 14.9. The number of pyridine rings is 1. The Labute approximate surface area is 104 Å². The molecule has 1 heterocycles. The molecule has 0 aliphatic carbocycles. The molecule has 0 spiro atoms. The SMILES string of the molecule is Cc1cccc(N)c1Oc1ccc(C(N)=O)cn1. The van der Waals surface area contributed by atoms with Crippen LogP contribution in [-0.4, -0.2) is 10.9 Å². The Kier molecular flexibility index (Phi) is 3.14. The number of aryl methyl sites for hydroxylation is 1. The summed E-state index contributed by atoms with van der Waals surface area (Å²) in [5.74, 6) is 0.405. The number of nitrogens with zero attached hydrogens (tertiary/aromatic N) is 1. The fraction of sp³-hybridized carbons (Fsp3) is 0.0769. The van der Waals surface area contributed by atoms with Crippen molar-refractivity contribution < 1.29 is 9.53 Å². The number of hydrogen-bond donors (Lipinski definition) is 2. The second-order valence-corrected chi connectivity index (χ2v) is 3.84. The number of hydrogen-bond acceptors (Lipinski definition) is 4. The molecular weight excluding hydrogens is 230 g/mol. The monoisotopic (exact) mass is 243 g/mol. The van der Waals surface area contributed by atoms with Crippen molar-refractivity contribution in [3.8, 4) is 11.6 Å². The molecular formula is C13H13N3O2. The van der Waals surface area contributed by atoms with Crippen molar-refractivity contribution in [2.24, 2.45) is 5.73 Å². The number of carbonyl (C=O) groups is 1. The molecule has 92 valence electrons. The van der Waals surface area contributed by atoms with Gasteiger partial charge in [0.15, 0.2) is 5.75 Å². The van der Waals surface area contributed by atoms with E-state index in [1.807, 2.05) is 19.1 Å². The number of ether oxygens (including phenoxy) is 1. The largest absolute Gasteiger partial charge is 0.437 e. The molecule has 5 nitrogen and oxygen atoms in total. The highest BCUT2D eigenvalue weighted by molar-refractivity contribution is 5.92. The molecule has 0 saturated carbocycles. The fourth-order valence-corrected chi connectivity index (χ4v) is 1.51. The van der Waals surface area contributed by atoms with Gasteiger partial charge in [-0.2, -0.15) is 0 Å². The lowest BCUT2D eigenvalue weighted by molar-refractivity contribution is 0.1000. The lowest BCUT2D eigenvalue weighted by Crippen LogP contribution is -2.11. The zero-order valence-corrected chi connectivity index (χ0v) is 9.88. The van der Waals surface area contributed by atoms with Crippen LogP contribution in [-0.2, 0) is 0 Å². The second kappa shape index (κ2) is 4.75. The highest BCUT2D eigenvalue weighted by atomic mass is 16.5. The van der Waals surface area contributed by atoms with E-state index in [1.54, 1.807) is 18.2 Å². The Morgan fingerprint density at radius 2 is 2.06 bits per heavy atom. The van der Waals surface area contributed by atoms with E-state index in [4.69, 9.17) is 16.2 Å². The number of amides is 1. The van der Waals surface area contributed by atoms with Gasteiger partial charge in [-0.3, -0.25) is 4.79 Å². The third kappa shape index (κ3) is 2.40. The van der Waals surface area contributed by atoms with Crippen LogP contribution in [0.2, 0.25) is 0 Å². The number of nitrogens with two attached hydrogens (primary N) is 2. The van der Waals surface area contributed by atoms with Gasteiger partial charge in [-0.1, -0.05) is 12.1 Å². The number of nitrogen functional groups attached to an aromatic ring is 1. The number of carbonyl (C=O) groups excluding carboxylic acids is 1. The maximum absolute atomic E-state index is 10.9. The Hall–Kier alpha value is -2.56. The van der Waals surface area contributed by atoms with E-state index in [0.29, 0.717) is 22.9 Å². The average molecular weight is 243 g/mol. The molecule has 0 aliphatic heterocycles. The molecule has 0 bridgehead atoms. The summed E-state index contributed by atoms with van der Waals surface area (Å²) >= 11 is 0. The smallest absolute Gasteiger partial charge is 0.250 e. The van der Waals surface area contributed by atoms with Gasteiger partial charge in [0.05, 0.1) is 11.3 Å². The summed E-state index contributed by atoms with van der Waals surface area (Å²) in [7, 11) is 0. The maximum Gasteiger partial charge on any atom is 0.250 e. The molecule has 0 fully saturated rings. The first-order chi connectivity index (χ1) is 8.58. The van der Waals surface area contributed by atoms with Gasteiger partial charge in [0.1, 0.15) is 0 Å². The van der Waals surface area contributed by atoms with Gasteiger partial charge in [-0.15, -0.1) is 0 Å². The van der Waals surface area contributed by atoms with Crippen LogP contribution in [0.5, 0.6) is 11.6 Å². The van der Waals surface area contributed by atoms with Crippen LogP contribution < -0.4 is 16.2 Å². The normalized spacial score (nSPS) is 10.1. The first-order valence-electron chi connectivity index (χ1n) is 5.36. The van der Waals surface area contributed by atoms with Crippen LogP contribution in [0.25, 0.3) is 0 Å². The minimum absolute atomic E-state index is 0.333. The maximum atomic E-state index is 10.9. The first-order valence-corrected chi connectivity index (χ1v) is 5.36. The van der Waals surface area contributed by atoms with E-state index in [9.17, 15) is 4.79 Å². The molecule has 1 aromatic carbocycles. The molecule has 1 amide bonds. The summed E-state index contributed by atoms with van der Waals surface area (Å²) < 4.78 is 5.59. The fourth-order valence-electron chi connectivity index (χ4n) is 1.51. The van der Waals surface area contributed by atoms with Crippen molar-refractivity contribution in [3.63, 3.8) is 0 Å². The predicted molar refractivity (Wildman–Crippen MR) is 68.4 cm³/mol. The van der Waals surface area contributed by atoms with Crippen molar-refractivity contribution in [1.82, 2.24) is 4.98 Å². The van der Waals surface area contributed by atoms with Gasteiger partial charge in [0, 0.05) is 12.3 Å². The molecule has 1 aromatic heterocycles.